The van der Waals surface area contributed by atoms with Crippen molar-refractivity contribution in [1.82, 2.24) is 9.80 Å². The number of ether oxygens (including phenoxy) is 1. The van der Waals surface area contributed by atoms with Crippen molar-refractivity contribution in [2.24, 2.45) is 23.7 Å². The summed E-state index contributed by atoms with van der Waals surface area (Å²) in [6.07, 6.45) is 3.93. The first-order valence-electron chi connectivity index (χ1n) is 16.8. The minimum Gasteiger partial charge on any atom is -0.465 e. The number of benzene rings is 2. The van der Waals surface area contributed by atoms with Crippen LogP contribution in [0.2, 0.25) is 0 Å². The largest absolute Gasteiger partial charge is 0.465 e. The normalized spacial score (nSPS) is 29.5. The van der Waals surface area contributed by atoms with Gasteiger partial charge in [-0.3, -0.25) is 0 Å². The van der Waals surface area contributed by atoms with Crippen molar-refractivity contribution in [3.8, 4) is 23.7 Å². The van der Waals surface area contributed by atoms with Crippen molar-refractivity contribution in [2.75, 3.05) is 26.2 Å². The predicted octanol–water partition coefficient (Wildman–Crippen LogP) is 5.92. The van der Waals surface area contributed by atoms with Gasteiger partial charge >= 0.3 is 12.2 Å². The van der Waals surface area contributed by atoms with Gasteiger partial charge in [0.25, 0.3) is 0 Å². The Balaban J connectivity index is 0.000000186. The molecule has 2 aromatic carbocycles. The number of rotatable bonds is 0. The highest BCUT2D eigenvalue weighted by molar-refractivity contribution is 5.68. The molecule has 8 nitrogen and oxygen atoms in total. The first-order chi connectivity index (χ1) is 22.2. The molecule has 47 heavy (non-hydrogen) atoms. The standard InChI is InChI=1S/C21H27NO3.C18H21NO3/c1-20(2,3)25-19(23)22-14-17-10-7-12-21(24,18(17)15-22)13-11-16-8-5-4-6-9-16;1-13-4-2-5-14(10-13)7-9-18(22)8-3-6-15-11-19(17(20)21)12-16(15)18/h4-6,8-9,17-18,24H,7,10,12,14-15H2,1-3H3;2,4-5,10,15-16,22H,3,6,8,11-12H2,1H3,(H,20,21). The number of carbonyl (C=O) groups excluding carboxylic acids is 1. The summed E-state index contributed by atoms with van der Waals surface area (Å²) >= 11 is 0. The predicted molar refractivity (Wildman–Crippen MR) is 180 cm³/mol. The molecule has 4 fully saturated rings. The number of hydrogen-bond acceptors (Lipinski definition) is 5. The lowest BCUT2D eigenvalue weighted by atomic mass is 9.71. The smallest absolute Gasteiger partial charge is 0.410 e. The van der Waals surface area contributed by atoms with Crippen LogP contribution in [0.3, 0.4) is 0 Å². The van der Waals surface area contributed by atoms with Crippen molar-refractivity contribution in [3.05, 3.63) is 71.3 Å². The number of hydrogen-bond donors (Lipinski definition) is 3. The van der Waals surface area contributed by atoms with E-state index in [0.717, 1.165) is 42.4 Å². The summed E-state index contributed by atoms with van der Waals surface area (Å²) in [7, 11) is 0. The van der Waals surface area contributed by atoms with Crippen LogP contribution in [-0.2, 0) is 4.74 Å². The molecule has 8 heteroatoms. The average Bonchev–Trinajstić information content (AvgIpc) is 3.67. The second-order valence-corrected chi connectivity index (χ2v) is 14.7. The molecule has 250 valence electrons. The van der Waals surface area contributed by atoms with Crippen LogP contribution >= 0.6 is 0 Å². The number of fused-ring (bicyclic) bond motifs is 2. The van der Waals surface area contributed by atoms with Crippen LogP contribution in [0.25, 0.3) is 0 Å². The van der Waals surface area contributed by atoms with Crippen molar-refractivity contribution in [3.63, 3.8) is 0 Å². The number of aryl methyl sites for hydroxylation is 1. The summed E-state index contributed by atoms with van der Waals surface area (Å²) in [5.41, 5.74) is 0.322. The monoisotopic (exact) mass is 640 g/mol. The zero-order valence-corrected chi connectivity index (χ0v) is 28.0. The van der Waals surface area contributed by atoms with Gasteiger partial charge in [-0.25, -0.2) is 9.59 Å². The van der Waals surface area contributed by atoms with Gasteiger partial charge in [0.05, 0.1) is 0 Å². The second kappa shape index (κ2) is 14.0. The molecule has 0 radical (unpaired) electrons. The maximum absolute atomic E-state index is 12.4. The van der Waals surface area contributed by atoms with Gasteiger partial charge in [0.2, 0.25) is 0 Å². The minimum atomic E-state index is -1.07. The number of amides is 2. The molecule has 2 saturated heterocycles. The van der Waals surface area contributed by atoms with Crippen LogP contribution in [0.1, 0.15) is 76.0 Å². The van der Waals surface area contributed by atoms with Gasteiger partial charge in [0.15, 0.2) is 0 Å². The summed E-state index contributed by atoms with van der Waals surface area (Å²) in [6.45, 7) is 9.70. The number of aliphatic hydroxyl groups is 2. The van der Waals surface area contributed by atoms with E-state index in [1.54, 1.807) is 4.90 Å². The lowest BCUT2D eigenvalue weighted by Gasteiger charge is -2.37. The first-order valence-corrected chi connectivity index (χ1v) is 16.8. The summed E-state index contributed by atoms with van der Waals surface area (Å²) in [5, 5.41) is 31.3. The van der Waals surface area contributed by atoms with Crippen molar-refractivity contribution in [1.29, 1.82) is 0 Å². The summed E-state index contributed by atoms with van der Waals surface area (Å²) in [6, 6.07) is 17.6. The lowest BCUT2D eigenvalue weighted by molar-refractivity contribution is -0.00927. The Bertz CT molecular complexity index is 1560. The number of likely N-dealkylation sites (tertiary alicyclic amines) is 2. The van der Waals surface area contributed by atoms with E-state index in [2.05, 4.69) is 23.7 Å². The molecule has 0 aromatic heterocycles. The van der Waals surface area contributed by atoms with Crippen LogP contribution in [0.15, 0.2) is 54.6 Å². The molecule has 0 spiro atoms. The Morgan fingerprint density at radius 1 is 0.787 bits per heavy atom. The molecule has 2 aromatic rings. The van der Waals surface area contributed by atoms with Gasteiger partial charge in [-0.2, -0.15) is 0 Å². The SMILES string of the molecule is CC(C)(C)OC(=O)N1CC2CCCC(O)(C#Cc3ccccc3)C2C1.Cc1cccc(C#CC2(O)CCCC3CN(C(=O)O)CC32)c1. The third-order valence-electron chi connectivity index (χ3n) is 9.94. The fraction of sp³-hybridized carbons (Fsp3) is 0.538. The third kappa shape index (κ3) is 8.49. The van der Waals surface area contributed by atoms with E-state index in [4.69, 9.17) is 4.74 Å². The topological polar surface area (TPSA) is 111 Å². The molecule has 6 atom stereocenters. The average molecular weight is 641 g/mol. The van der Waals surface area contributed by atoms with E-state index >= 15 is 0 Å². The fourth-order valence-electron chi connectivity index (χ4n) is 7.60. The quantitative estimate of drug-likeness (QED) is 0.308. The van der Waals surface area contributed by atoms with E-state index in [1.165, 1.54) is 4.90 Å². The minimum absolute atomic E-state index is 0.00928. The number of carbonyl (C=O) groups is 2. The maximum atomic E-state index is 12.4. The summed E-state index contributed by atoms with van der Waals surface area (Å²) in [4.78, 5) is 26.7. The zero-order valence-electron chi connectivity index (χ0n) is 28.0. The van der Waals surface area contributed by atoms with Gasteiger partial charge in [0, 0.05) is 49.1 Å². The Morgan fingerprint density at radius 3 is 1.87 bits per heavy atom. The van der Waals surface area contributed by atoms with Crippen molar-refractivity contribution < 1.29 is 29.6 Å². The fourth-order valence-corrected chi connectivity index (χ4v) is 7.60. The molecule has 2 aliphatic heterocycles. The van der Waals surface area contributed by atoms with Crippen LogP contribution < -0.4 is 0 Å². The Labute approximate surface area is 279 Å². The molecule has 3 N–H and O–H groups in total. The molecule has 2 aliphatic carbocycles. The van der Waals surface area contributed by atoms with E-state index in [0.29, 0.717) is 39.0 Å². The molecule has 6 rings (SSSR count). The zero-order chi connectivity index (χ0) is 33.8. The van der Waals surface area contributed by atoms with E-state index in [-0.39, 0.29) is 29.8 Å². The van der Waals surface area contributed by atoms with Crippen molar-refractivity contribution >= 4 is 12.2 Å². The number of nitrogens with zero attached hydrogens (tertiary/aromatic N) is 2. The van der Waals surface area contributed by atoms with E-state index in [9.17, 15) is 24.9 Å². The Morgan fingerprint density at radius 2 is 1.32 bits per heavy atom. The third-order valence-corrected chi connectivity index (χ3v) is 9.94. The molecule has 4 aliphatic rings. The highest BCUT2D eigenvalue weighted by Crippen LogP contribution is 2.44. The second-order valence-electron chi connectivity index (χ2n) is 14.7. The van der Waals surface area contributed by atoms with Crippen LogP contribution in [0.4, 0.5) is 9.59 Å². The Kier molecular flexibility index (Phi) is 10.2. The highest BCUT2D eigenvalue weighted by atomic mass is 16.6. The maximum Gasteiger partial charge on any atom is 0.410 e. The van der Waals surface area contributed by atoms with Crippen LogP contribution in [0, 0.1) is 54.3 Å². The molecule has 2 amide bonds. The molecule has 2 saturated carbocycles. The Hall–Kier alpha value is -3.98. The van der Waals surface area contributed by atoms with Gasteiger partial charge in [-0.1, -0.05) is 54.0 Å². The van der Waals surface area contributed by atoms with Crippen LogP contribution in [-0.4, -0.2) is 80.3 Å². The highest BCUT2D eigenvalue weighted by Gasteiger charge is 2.50. The van der Waals surface area contributed by atoms with E-state index in [1.807, 2.05) is 82.3 Å². The van der Waals surface area contributed by atoms with Gasteiger partial charge in [-0.05, 0) is 108 Å². The number of carboxylic acid groups (broad SMARTS) is 1. The van der Waals surface area contributed by atoms with Crippen LogP contribution in [0.5, 0.6) is 0 Å². The van der Waals surface area contributed by atoms with E-state index < -0.39 is 22.9 Å². The molecular formula is C39H48N2O6. The van der Waals surface area contributed by atoms with Gasteiger partial charge in [0.1, 0.15) is 16.8 Å². The summed E-state index contributed by atoms with van der Waals surface area (Å²) in [5.74, 6) is 12.8. The van der Waals surface area contributed by atoms with Gasteiger partial charge < -0.3 is 29.9 Å². The molecule has 0 bridgehead atoms. The summed E-state index contributed by atoms with van der Waals surface area (Å²) < 4.78 is 5.49. The van der Waals surface area contributed by atoms with Gasteiger partial charge in [-0.15, -0.1) is 0 Å². The molecule has 2 heterocycles. The molecule has 6 unspecified atom stereocenters. The molecular weight excluding hydrogens is 592 g/mol. The lowest BCUT2D eigenvalue weighted by Crippen LogP contribution is -2.44. The van der Waals surface area contributed by atoms with Crippen molar-refractivity contribution in [2.45, 2.75) is 83.0 Å². The first kappa shape index (κ1) is 34.4.